The molecule has 2 aromatic rings. The first kappa shape index (κ1) is 13.2. The fourth-order valence-corrected chi connectivity index (χ4v) is 1.96. The highest BCUT2D eigenvalue weighted by molar-refractivity contribution is 9.10. The Kier molecular flexibility index (Phi) is 4.14. The molecule has 0 spiro atoms. The van der Waals surface area contributed by atoms with Crippen molar-refractivity contribution in [3.05, 3.63) is 46.4 Å². The van der Waals surface area contributed by atoms with Gasteiger partial charge in [0.05, 0.1) is 16.4 Å². The maximum Gasteiger partial charge on any atom is 0.129 e. The molecule has 18 heavy (non-hydrogen) atoms. The van der Waals surface area contributed by atoms with E-state index < -0.39 is 0 Å². The summed E-state index contributed by atoms with van der Waals surface area (Å²) in [7, 11) is 0. The van der Waals surface area contributed by atoms with Crippen LogP contribution in [0.2, 0.25) is 0 Å². The fraction of sp³-hybridized carbons (Fsp3) is 0.308. The minimum atomic E-state index is -0.215. The van der Waals surface area contributed by atoms with E-state index in [4.69, 9.17) is 0 Å². The zero-order valence-electron chi connectivity index (χ0n) is 10.3. The van der Waals surface area contributed by atoms with E-state index in [-0.39, 0.29) is 5.82 Å². The van der Waals surface area contributed by atoms with Crippen molar-refractivity contribution < 1.29 is 4.39 Å². The zero-order valence-corrected chi connectivity index (χ0v) is 11.9. The molecule has 0 aliphatic rings. The molecule has 0 bridgehead atoms. The highest BCUT2D eigenvalue weighted by Crippen LogP contribution is 2.19. The van der Waals surface area contributed by atoms with E-state index in [0.717, 1.165) is 10.2 Å². The Balaban J connectivity index is 2.37. The molecule has 1 aromatic carbocycles. The van der Waals surface area contributed by atoms with Gasteiger partial charge in [0.1, 0.15) is 5.82 Å². The van der Waals surface area contributed by atoms with Crippen LogP contribution in [0.1, 0.15) is 19.4 Å². The Morgan fingerprint density at radius 3 is 2.83 bits per heavy atom. The van der Waals surface area contributed by atoms with Gasteiger partial charge < -0.3 is 5.32 Å². The number of rotatable bonds is 4. The molecule has 0 radical (unpaired) electrons. The average Bonchev–Trinajstić information content (AvgIpc) is 2.73. The predicted molar refractivity (Wildman–Crippen MR) is 73.2 cm³/mol. The zero-order chi connectivity index (χ0) is 13.1. The maximum atomic E-state index is 13.9. The van der Waals surface area contributed by atoms with Crippen LogP contribution in [-0.4, -0.2) is 15.8 Å². The van der Waals surface area contributed by atoms with Gasteiger partial charge in [0.25, 0.3) is 0 Å². The molecule has 0 saturated carbocycles. The van der Waals surface area contributed by atoms with Gasteiger partial charge in [-0.2, -0.15) is 5.10 Å². The molecule has 3 nitrogen and oxygen atoms in total. The first-order valence-electron chi connectivity index (χ1n) is 5.79. The minimum absolute atomic E-state index is 0.215. The van der Waals surface area contributed by atoms with Crippen molar-refractivity contribution in [3.63, 3.8) is 0 Å². The molecule has 0 amide bonds. The van der Waals surface area contributed by atoms with Crippen molar-refractivity contribution >= 4 is 15.9 Å². The molecule has 0 unspecified atom stereocenters. The number of hydrogen-bond donors (Lipinski definition) is 1. The van der Waals surface area contributed by atoms with Crippen molar-refractivity contribution in [1.29, 1.82) is 0 Å². The van der Waals surface area contributed by atoms with Gasteiger partial charge in [-0.25, -0.2) is 9.07 Å². The standard InChI is InChI=1S/C13H15BrFN3/c1-9(2)16-7-11-12(15)4-3-5-13(11)18-8-10(14)6-17-18/h3-6,8-9,16H,7H2,1-2H3. The van der Waals surface area contributed by atoms with E-state index in [9.17, 15) is 4.39 Å². The van der Waals surface area contributed by atoms with Crippen molar-refractivity contribution in [2.45, 2.75) is 26.4 Å². The predicted octanol–water partition coefficient (Wildman–Crippen LogP) is 3.27. The summed E-state index contributed by atoms with van der Waals surface area (Å²) < 4.78 is 16.4. The second kappa shape index (κ2) is 5.63. The fourth-order valence-electron chi connectivity index (χ4n) is 1.68. The van der Waals surface area contributed by atoms with Crippen molar-refractivity contribution in [2.75, 3.05) is 0 Å². The normalized spacial score (nSPS) is 11.2. The van der Waals surface area contributed by atoms with Gasteiger partial charge in [-0.3, -0.25) is 0 Å². The topological polar surface area (TPSA) is 29.9 Å². The third-order valence-electron chi connectivity index (χ3n) is 2.58. The molecule has 1 aromatic heterocycles. The Hall–Kier alpha value is -1.20. The first-order chi connectivity index (χ1) is 8.58. The third-order valence-corrected chi connectivity index (χ3v) is 2.99. The summed E-state index contributed by atoms with van der Waals surface area (Å²) in [5.74, 6) is -0.215. The van der Waals surface area contributed by atoms with Crippen LogP contribution < -0.4 is 5.32 Å². The minimum Gasteiger partial charge on any atom is -0.310 e. The van der Waals surface area contributed by atoms with Gasteiger partial charge in [0.2, 0.25) is 0 Å². The second-order valence-corrected chi connectivity index (χ2v) is 5.29. The maximum absolute atomic E-state index is 13.9. The van der Waals surface area contributed by atoms with E-state index in [1.165, 1.54) is 6.07 Å². The van der Waals surface area contributed by atoms with Gasteiger partial charge in [0, 0.05) is 24.3 Å². The smallest absolute Gasteiger partial charge is 0.129 e. The Morgan fingerprint density at radius 1 is 1.44 bits per heavy atom. The number of aromatic nitrogens is 2. The molecule has 96 valence electrons. The van der Waals surface area contributed by atoms with Crippen LogP contribution in [0.5, 0.6) is 0 Å². The lowest BCUT2D eigenvalue weighted by Crippen LogP contribution is -2.23. The van der Waals surface area contributed by atoms with Crippen LogP contribution in [0.15, 0.2) is 35.1 Å². The van der Waals surface area contributed by atoms with Gasteiger partial charge in [0.15, 0.2) is 0 Å². The molecule has 0 aliphatic heterocycles. The summed E-state index contributed by atoms with van der Waals surface area (Å²) in [6.07, 6.45) is 3.50. The highest BCUT2D eigenvalue weighted by atomic mass is 79.9. The van der Waals surface area contributed by atoms with E-state index in [1.54, 1.807) is 16.9 Å². The lowest BCUT2D eigenvalue weighted by molar-refractivity contribution is 0.550. The van der Waals surface area contributed by atoms with Crippen molar-refractivity contribution in [1.82, 2.24) is 15.1 Å². The highest BCUT2D eigenvalue weighted by Gasteiger charge is 2.11. The molecule has 0 aliphatic carbocycles. The Bertz CT molecular complexity index is 537. The monoisotopic (exact) mass is 311 g/mol. The molecule has 0 saturated heterocycles. The Morgan fingerprint density at radius 2 is 2.22 bits per heavy atom. The molecule has 1 N–H and O–H groups in total. The SMILES string of the molecule is CC(C)NCc1c(F)cccc1-n1cc(Br)cn1. The van der Waals surface area contributed by atoms with Gasteiger partial charge in [-0.05, 0) is 28.1 Å². The molecular formula is C13H15BrFN3. The molecular weight excluding hydrogens is 297 g/mol. The van der Waals surface area contributed by atoms with Crippen LogP contribution in [0.4, 0.5) is 4.39 Å². The number of nitrogens with zero attached hydrogens (tertiary/aromatic N) is 2. The third kappa shape index (κ3) is 2.97. The van der Waals surface area contributed by atoms with E-state index in [2.05, 4.69) is 26.3 Å². The van der Waals surface area contributed by atoms with Gasteiger partial charge in [-0.1, -0.05) is 19.9 Å². The summed E-state index contributed by atoms with van der Waals surface area (Å²) in [4.78, 5) is 0. The average molecular weight is 312 g/mol. The van der Waals surface area contributed by atoms with Crippen LogP contribution in [0.3, 0.4) is 0 Å². The molecule has 2 rings (SSSR count). The summed E-state index contributed by atoms with van der Waals surface area (Å²) >= 11 is 3.34. The molecule has 0 atom stereocenters. The summed E-state index contributed by atoms with van der Waals surface area (Å²) in [6, 6.07) is 5.33. The lowest BCUT2D eigenvalue weighted by Gasteiger charge is -2.13. The van der Waals surface area contributed by atoms with Crippen LogP contribution in [-0.2, 0) is 6.54 Å². The van der Waals surface area contributed by atoms with E-state index in [1.807, 2.05) is 26.1 Å². The summed E-state index contributed by atoms with van der Waals surface area (Å²) in [5, 5.41) is 7.42. The van der Waals surface area contributed by atoms with Crippen molar-refractivity contribution in [2.24, 2.45) is 0 Å². The van der Waals surface area contributed by atoms with Crippen LogP contribution in [0.25, 0.3) is 5.69 Å². The van der Waals surface area contributed by atoms with Gasteiger partial charge >= 0.3 is 0 Å². The Labute approximate surface area is 114 Å². The van der Waals surface area contributed by atoms with E-state index in [0.29, 0.717) is 18.2 Å². The quantitative estimate of drug-likeness (QED) is 0.939. The number of nitrogens with one attached hydrogen (secondary N) is 1. The molecule has 0 fully saturated rings. The lowest BCUT2D eigenvalue weighted by atomic mass is 10.1. The second-order valence-electron chi connectivity index (χ2n) is 4.38. The summed E-state index contributed by atoms with van der Waals surface area (Å²) in [6.45, 7) is 4.55. The van der Waals surface area contributed by atoms with Gasteiger partial charge in [-0.15, -0.1) is 0 Å². The molecule has 5 heteroatoms. The number of hydrogen-bond acceptors (Lipinski definition) is 2. The first-order valence-corrected chi connectivity index (χ1v) is 6.58. The summed E-state index contributed by atoms with van der Waals surface area (Å²) in [5.41, 5.74) is 1.38. The van der Waals surface area contributed by atoms with Crippen molar-refractivity contribution in [3.8, 4) is 5.69 Å². The van der Waals surface area contributed by atoms with E-state index >= 15 is 0 Å². The number of halogens is 2. The van der Waals surface area contributed by atoms with Crippen LogP contribution >= 0.6 is 15.9 Å². The largest absolute Gasteiger partial charge is 0.310 e. The van der Waals surface area contributed by atoms with Crippen LogP contribution in [0, 0.1) is 5.82 Å². The number of benzene rings is 1. The molecule has 1 heterocycles.